The first-order valence-electron chi connectivity index (χ1n) is 8.44. The summed E-state index contributed by atoms with van der Waals surface area (Å²) in [5, 5.41) is 4.67. The van der Waals surface area contributed by atoms with Gasteiger partial charge in [-0.2, -0.15) is 5.10 Å². The Balaban J connectivity index is 1.68. The number of carbonyl (C=O) groups excluding carboxylic acids is 1. The SMILES string of the molecule is Cc1cc(Cl)ccc1OCCCC(=O)N/N=C/c1ccc(N(C)C)cc1. The van der Waals surface area contributed by atoms with E-state index < -0.39 is 0 Å². The fraction of sp³-hybridized carbons (Fsp3) is 0.300. The van der Waals surface area contributed by atoms with E-state index in [1.165, 1.54) is 0 Å². The first-order chi connectivity index (χ1) is 12.5. The van der Waals surface area contributed by atoms with Crippen molar-refractivity contribution in [3.05, 3.63) is 58.6 Å². The summed E-state index contributed by atoms with van der Waals surface area (Å²) in [6, 6.07) is 13.4. The lowest BCUT2D eigenvalue weighted by Crippen LogP contribution is -2.18. The number of anilines is 1. The molecule has 0 unspecified atom stereocenters. The average Bonchev–Trinajstić information content (AvgIpc) is 2.60. The molecular formula is C20H24ClN3O2. The molecule has 6 heteroatoms. The van der Waals surface area contributed by atoms with Crippen LogP contribution in [0.4, 0.5) is 5.69 Å². The highest BCUT2D eigenvalue weighted by Crippen LogP contribution is 2.21. The van der Waals surface area contributed by atoms with Gasteiger partial charge in [0.05, 0.1) is 12.8 Å². The number of nitrogens with one attached hydrogen (secondary N) is 1. The van der Waals surface area contributed by atoms with Gasteiger partial charge >= 0.3 is 0 Å². The summed E-state index contributed by atoms with van der Waals surface area (Å²) < 4.78 is 5.67. The van der Waals surface area contributed by atoms with Crippen molar-refractivity contribution < 1.29 is 9.53 Å². The third-order valence-corrected chi connectivity index (χ3v) is 3.99. The standard InChI is InChI=1S/C20H24ClN3O2/c1-15-13-17(21)8-11-19(15)26-12-4-5-20(25)23-22-14-16-6-9-18(10-7-16)24(2)3/h6-11,13-14H,4-5,12H2,1-3H3,(H,23,25)/b22-14+. The molecule has 0 spiro atoms. The number of rotatable bonds is 8. The van der Waals surface area contributed by atoms with E-state index in [1.54, 1.807) is 12.3 Å². The van der Waals surface area contributed by atoms with Crippen molar-refractivity contribution >= 4 is 29.4 Å². The van der Waals surface area contributed by atoms with Crippen LogP contribution >= 0.6 is 11.6 Å². The molecule has 0 saturated carbocycles. The molecule has 0 aromatic heterocycles. The molecule has 0 atom stereocenters. The number of ether oxygens (including phenoxy) is 1. The lowest BCUT2D eigenvalue weighted by atomic mass is 10.2. The number of hydrogen-bond acceptors (Lipinski definition) is 4. The molecule has 0 aliphatic carbocycles. The van der Waals surface area contributed by atoms with Crippen LogP contribution in [-0.4, -0.2) is 32.8 Å². The highest BCUT2D eigenvalue weighted by Gasteiger charge is 2.03. The Morgan fingerprint density at radius 1 is 1.23 bits per heavy atom. The molecule has 0 aliphatic rings. The van der Waals surface area contributed by atoms with Crippen molar-refractivity contribution in [1.29, 1.82) is 0 Å². The summed E-state index contributed by atoms with van der Waals surface area (Å²) in [5.74, 6) is 0.650. The Morgan fingerprint density at radius 3 is 2.62 bits per heavy atom. The minimum absolute atomic E-state index is 0.136. The second kappa shape index (κ2) is 9.82. The van der Waals surface area contributed by atoms with Gasteiger partial charge in [0.2, 0.25) is 5.91 Å². The van der Waals surface area contributed by atoms with Crippen molar-refractivity contribution in [2.75, 3.05) is 25.6 Å². The monoisotopic (exact) mass is 373 g/mol. The number of halogens is 1. The highest BCUT2D eigenvalue weighted by atomic mass is 35.5. The molecule has 26 heavy (non-hydrogen) atoms. The summed E-state index contributed by atoms with van der Waals surface area (Å²) in [4.78, 5) is 13.8. The number of aryl methyl sites for hydroxylation is 1. The zero-order valence-corrected chi connectivity index (χ0v) is 16.1. The van der Waals surface area contributed by atoms with Gasteiger partial charge in [0.1, 0.15) is 5.75 Å². The highest BCUT2D eigenvalue weighted by molar-refractivity contribution is 6.30. The molecule has 2 aromatic carbocycles. The van der Waals surface area contributed by atoms with E-state index in [1.807, 2.05) is 62.3 Å². The average molecular weight is 374 g/mol. The molecule has 0 fully saturated rings. The van der Waals surface area contributed by atoms with Crippen LogP contribution < -0.4 is 15.1 Å². The maximum absolute atomic E-state index is 11.8. The Kier molecular flexibility index (Phi) is 7.48. The van der Waals surface area contributed by atoms with Gasteiger partial charge in [-0.3, -0.25) is 4.79 Å². The maximum Gasteiger partial charge on any atom is 0.240 e. The van der Waals surface area contributed by atoms with Gasteiger partial charge in [-0.25, -0.2) is 5.43 Å². The fourth-order valence-electron chi connectivity index (χ4n) is 2.28. The zero-order valence-electron chi connectivity index (χ0n) is 15.3. The molecule has 5 nitrogen and oxygen atoms in total. The minimum atomic E-state index is -0.136. The summed E-state index contributed by atoms with van der Waals surface area (Å²) in [7, 11) is 3.97. The van der Waals surface area contributed by atoms with Crippen LogP contribution in [0, 0.1) is 6.92 Å². The minimum Gasteiger partial charge on any atom is -0.493 e. The molecule has 0 bridgehead atoms. The molecule has 2 aromatic rings. The van der Waals surface area contributed by atoms with E-state index >= 15 is 0 Å². The second-order valence-corrected chi connectivity index (χ2v) is 6.58. The van der Waals surface area contributed by atoms with Crippen LogP contribution in [-0.2, 0) is 4.79 Å². The van der Waals surface area contributed by atoms with Crippen molar-refractivity contribution in [2.45, 2.75) is 19.8 Å². The molecule has 0 heterocycles. The second-order valence-electron chi connectivity index (χ2n) is 6.14. The lowest BCUT2D eigenvalue weighted by molar-refractivity contribution is -0.121. The van der Waals surface area contributed by atoms with Crippen molar-refractivity contribution in [1.82, 2.24) is 5.43 Å². The van der Waals surface area contributed by atoms with Gasteiger partial charge in [-0.1, -0.05) is 23.7 Å². The molecule has 1 N–H and O–H groups in total. The van der Waals surface area contributed by atoms with Crippen molar-refractivity contribution in [3.8, 4) is 5.75 Å². The van der Waals surface area contributed by atoms with Crippen LogP contribution in [0.25, 0.3) is 0 Å². The van der Waals surface area contributed by atoms with Crippen LogP contribution in [0.15, 0.2) is 47.6 Å². The number of amides is 1. The van der Waals surface area contributed by atoms with E-state index in [-0.39, 0.29) is 5.91 Å². The largest absolute Gasteiger partial charge is 0.493 e. The Hall–Kier alpha value is -2.53. The van der Waals surface area contributed by atoms with Gasteiger partial charge in [0, 0.05) is 31.2 Å². The summed E-state index contributed by atoms with van der Waals surface area (Å²) in [5.41, 5.74) is 5.55. The predicted octanol–water partition coefficient (Wildman–Crippen LogP) is 4.02. The number of benzene rings is 2. The summed E-state index contributed by atoms with van der Waals surface area (Å²) >= 11 is 5.91. The molecule has 2 rings (SSSR count). The Labute approximate surface area is 159 Å². The van der Waals surface area contributed by atoms with Gasteiger partial charge in [0.15, 0.2) is 0 Å². The van der Waals surface area contributed by atoms with Crippen molar-refractivity contribution in [2.24, 2.45) is 5.10 Å². The van der Waals surface area contributed by atoms with Crippen LogP contribution in [0.1, 0.15) is 24.0 Å². The molecule has 0 aliphatic heterocycles. The molecule has 138 valence electrons. The quantitative estimate of drug-likeness (QED) is 0.432. The van der Waals surface area contributed by atoms with Crippen LogP contribution in [0.5, 0.6) is 5.75 Å². The first-order valence-corrected chi connectivity index (χ1v) is 8.82. The predicted molar refractivity (Wildman–Crippen MR) is 107 cm³/mol. The number of carbonyl (C=O) groups is 1. The lowest BCUT2D eigenvalue weighted by Gasteiger charge is -2.11. The van der Waals surface area contributed by atoms with Gasteiger partial charge in [-0.15, -0.1) is 0 Å². The first kappa shape index (κ1) is 19.8. The van der Waals surface area contributed by atoms with Gasteiger partial charge < -0.3 is 9.64 Å². The number of hydrazone groups is 1. The van der Waals surface area contributed by atoms with Crippen LogP contribution in [0.3, 0.4) is 0 Å². The molecule has 0 radical (unpaired) electrons. The maximum atomic E-state index is 11.8. The number of hydrogen-bond donors (Lipinski definition) is 1. The summed E-state index contributed by atoms with van der Waals surface area (Å²) in [6.07, 6.45) is 2.59. The fourth-order valence-corrected chi connectivity index (χ4v) is 2.51. The van der Waals surface area contributed by atoms with Crippen molar-refractivity contribution in [3.63, 3.8) is 0 Å². The van der Waals surface area contributed by atoms with Gasteiger partial charge in [0.25, 0.3) is 0 Å². The van der Waals surface area contributed by atoms with E-state index in [0.29, 0.717) is 24.5 Å². The zero-order chi connectivity index (χ0) is 18.9. The third-order valence-electron chi connectivity index (χ3n) is 3.76. The topological polar surface area (TPSA) is 53.9 Å². The molecular weight excluding hydrogens is 350 g/mol. The van der Waals surface area contributed by atoms with E-state index in [9.17, 15) is 4.79 Å². The third kappa shape index (κ3) is 6.41. The molecule has 1 amide bonds. The number of nitrogens with zero attached hydrogens (tertiary/aromatic N) is 2. The smallest absolute Gasteiger partial charge is 0.240 e. The van der Waals surface area contributed by atoms with E-state index in [0.717, 1.165) is 22.6 Å². The normalized spacial score (nSPS) is 10.8. The van der Waals surface area contributed by atoms with E-state index in [4.69, 9.17) is 16.3 Å². The van der Waals surface area contributed by atoms with E-state index in [2.05, 4.69) is 10.5 Å². The molecule has 0 saturated heterocycles. The summed E-state index contributed by atoms with van der Waals surface area (Å²) in [6.45, 7) is 2.40. The van der Waals surface area contributed by atoms with Gasteiger partial charge in [-0.05, 0) is 54.8 Å². The Morgan fingerprint density at radius 2 is 1.96 bits per heavy atom. The Bertz CT molecular complexity index is 758. The van der Waals surface area contributed by atoms with Crippen LogP contribution in [0.2, 0.25) is 5.02 Å².